The zero-order chi connectivity index (χ0) is 13.9. The molecule has 0 bridgehead atoms. The van der Waals surface area contributed by atoms with Crippen LogP contribution in [0.4, 0.5) is 0 Å². The van der Waals surface area contributed by atoms with E-state index >= 15 is 0 Å². The molecule has 1 fully saturated rings. The van der Waals surface area contributed by atoms with Crippen molar-refractivity contribution in [1.82, 2.24) is 4.90 Å². The minimum atomic E-state index is 0.289. The molecule has 0 spiro atoms. The number of nitrogens with zero attached hydrogens (tertiary/aromatic N) is 1. The summed E-state index contributed by atoms with van der Waals surface area (Å²) in [5.74, 6) is 1.72. The number of benzene rings is 1. The Hall–Kier alpha value is -1.02. The van der Waals surface area contributed by atoms with E-state index in [2.05, 4.69) is 44.1 Å². The van der Waals surface area contributed by atoms with Crippen molar-refractivity contribution < 1.29 is 4.74 Å². The molecule has 0 radical (unpaired) electrons. The summed E-state index contributed by atoms with van der Waals surface area (Å²) >= 11 is 0. The zero-order valence-corrected chi connectivity index (χ0v) is 12.8. The second-order valence-electron chi connectivity index (χ2n) is 6.35. The molecule has 1 unspecified atom stereocenters. The SMILES string of the molecule is COc1cccc([C@@]2(C)CCCCC2CN(C)C)c1. The van der Waals surface area contributed by atoms with Gasteiger partial charge in [-0.15, -0.1) is 0 Å². The molecule has 2 atom stereocenters. The Morgan fingerprint density at radius 2 is 2.11 bits per heavy atom. The molecule has 2 heteroatoms. The van der Waals surface area contributed by atoms with E-state index in [1.807, 2.05) is 6.07 Å². The lowest BCUT2D eigenvalue weighted by atomic mass is 9.63. The summed E-state index contributed by atoms with van der Waals surface area (Å²) < 4.78 is 5.40. The van der Waals surface area contributed by atoms with E-state index in [-0.39, 0.29) is 5.41 Å². The van der Waals surface area contributed by atoms with Gasteiger partial charge >= 0.3 is 0 Å². The van der Waals surface area contributed by atoms with Crippen LogP contribution in [0.15, 0.2) is 24.3 Å². The topological polar surface area (TPSA) is 12.5 Å². The number of hydrogen-bond donors (Lipinski definition) is 0. The van der Waals surface area contributed by atoms with Crippen molar-refractivity contribution in [2.75, 3.05) is 27.7 Å². The van der Waals surface area contributed by atoms with Crippen LogP contribution in [0.1, 0.15) is 38.2 Å². The maximum atomic E-state index is 5.40. The maximum Gasteiger partial charge on any atom is 0.119 e. The molecule has 2 nitrogen and oxygen atoms in total. The number of rotatable bonds is 4. The van der Waals surface area contributed by atoms with Crippen LogP contribution in [0.5, 0.6) is 5.75 Å². The average Bonchev–Trinajstić information content (AvgIpc) is 2.41. The van der Waals surface area contributed by atoms with E-state index in [4.69, 9.17) is 4.74 Å². The predicted molar refractivity (Wildman–Crippen MR) is 80.9 cm³/mol. The van der Waals surface area contributed by atoms with Crippen molar-refractivity contribution in [2.45, 2.75) is 38.0 Å². The normalized spacial score (nSPS) is 27.5. The molecule has 0 heterocycles. The molecule has 1 saturated carbocycles. The molecule has 1 aliphatic carbocycles. The largest absolute Gasteiger partial charge is 0.497 e. The fourth-order valence-electron chi connectivity index (χ4n) is 3.50. The number of hydrogen-bond acceptors (Lipinski definition) is 2. The molecule has 2 rings (SSSR count). The first-order valence-corrected chi connectivity index (χ1v) is 7.35. The highest BCUT2D eigenvalue weighted by Gasteiger charge is 2.38. The van der Waals surface area contributed by atoms with Crippen molar-refractivity contribution in [1.29, 1.82) is 0 Å². The van der Waals surface area contributed by atoms with Gasteiger partial charge in [0, 0.05) is 6.54 Å². The molecule has 1 aliphatic rings. The minimum Gasteiger partial charge on any atom is -0.497 e. The average molecular weight is 261 g/mol. The van der Waals surface area contributed by atoms with Gasteiger partial charge in [0.2, 0.25) is 0 Å². The Kier molecular flexibility index (Phi) is 4.51. The van der Waals surface area contributed by atoms with Crippen molar-refractivity contribution in [2.24, 2.45) is 5.92 Å². The van der Waals surface area contributed by atoms with Gasteiger partial charge in [0.05, 0.1) is 7.11 Å². The molecule has 0 saturated heterocycles. The Balaban J connectivity index is 2.30. The zero-order valence-electron chi connectivity index (χ0n) is 12.8. The van der Waals surface area contributed by atoms with Crippen molar-refractivity contribution in [3.63, 3.8) is 0 Å². The third-order valence-corrected chi connectivity index (χ3v) is 4.71. The van der Waals surface area contributed by atoms with Gasteiger partial charge in [0.15, 0.2) is 0 Å². The molecule has 0 amide bonds. The van der Waals surface area contributed by atoms with E-state index in [1.165, 1.54) is 37.8 Å². The molecule has 1 aromatic carbocycles. The van der Waals surface area contributed by atoms with E-state index < -0.39 is 0 Å². The van der Waals surface area contributed by atoms with Crippen molar-refractivity contribution in [3.05, 3.63) is 29.8 Å². The molecule has 0 aromatic heterocycles. The molecular formula is C17H27NO. The standard InChI is InChI=1S/C17H27NO/c1-17(14-9-7-10-16(12-14)19-4)11-6-5-8-15(17)13-18(2)3/h7,9-10,12,15H,5-6,8,11,13H2,1-4H3/t15?,17-/m1/s1. The molecule has 0 N–H and O–H groups in total. The van der Waals surface area contributed by atoms with Gasteiger partial charge in [-0.3, -0.25) is 0 Å². The summed E-state index contributed by atoms with van der Waals surface area (Å²) in [4.78, 5) is 2.33. The van der Waals surface area contributed by atoms with Crippen LogP contribution in [0.25, 0.3) is 0 Å². The minimum absolute atomic E-state index is 0.289. The van der Waals surface area contributed by atoms with Crippen LogP contribution >= 0.6 is 0 Å². The van der Waals surface area contributed by atoms with E-state index in [9.17, 15) is 0 Å². The smallest absolute Gasteiger partial charge is 0.119 e. The van der Waals surface area contributed by atoms with Gasteiger partial charge in [-0.1, -0.05) is 31.9 Å². The van der Waals surface area contributed by atoms with Crippen LogP contribution in [0, 0.1) is 5.92 Å². The molecule has 19 heavy (non-hydrogen) atoms. The second kappa shape index (κ2) is 5.96. The number of methoxy groups -OCH3 is 1. The summed E-state index contributed by atoms with van der Waals surface area (Å²) in [7, 11) is 6.11. The Morgan fingerprint density at radius 3 is 2.79 bits per heavy atom. The lowest BCUT2D eigenvalue weighted by Gasteiger charge is -2.43. The van der Waals surface area contributed by atoms with Crippen molar-refractivity contribution >= 4 is 0 Å². The first-order valence-electron chi connectivity index (χ1n) is 7.35. The van der Waals surface area contributed by atoms with E-state index in [1.54, 1.807) is 7.11 Å². The molecule has 0 aliphatic heterocycles. The highest BCUT2D eigenvalue weighted by Crippen LogP contribution is 2.44. The van der Waals surface area contributed by atoms with Gasteiger partial charge in [0.1, 0.15) is 5.75 Å². The third-order valence-electron chi connectivity index (χ3n) is 4.71. The fraction of sp³-hybridized carbons (Fsp3) is 0.647. The van der Waals surface area contributed by atoms with Crippen molar-refractivity contribution in [3.8, 4) is 5.75 Å². The van der Waals surface area contributed by atoms with Crippen LogP contribution in [0.3, 0.4) is 0 Å². The quantitative estimate of drug-likeness (QED) is 0.819. The summed E-state index contributed by atoms with van der Waals surface area (Å²) in [6.45, 7) is 3.61. The summed E-state index contributed by atoms with van der Waals surface area (Å²) in [6.07, 6.45) is 5.35. The fourth-order valence-corrected chi connectivity index (χ4v) is 3.50. The Morgan fingerprint density at radius 1 is 1.32 bits per heavy atom. The Bertz CT molecular complexity index is 415. The van der Waals surface area contributed by atoms with E-state index in [0.29, 0.717) is 0 Å². The first-order chi connectivity index (χ1) is 9.06. The maximum absolute atomic E-state index is 5.40. The molecular weight excluding hydrogens is 234 g/mol. The Labute approximate surface area is 117 Å². The highest BCUT2D eigenvalue weighted by atomic mass is 16.5. The summed E-state index contributed by atoms with van der Waals surface area (Å²) in [5.41, 5.74) is 1.73. The highest BCUT2D eigenvalue weighted by molar-refractivity contribution is 5.34. The lowest BCUT2D eigenvalue weighted by molar-refractivity contribution is 0.160. The second-order valence-corrected chi connectivity index (χ2v) is 6.35. The molecule has 106 valence electrons. The number of ether oxygens (including phenoxy) is 1. The molecule has 1 aromatic rings. The predicted octanol–water partition coefficient (Wildman–Crippen LogP) is 3.70. The summed E-state index contributed by atoms with van der Waals surface area (Å²) in [5, 5.41) is 0. The van der Waals surface area contributed by atoms with Crippen LogP contribution in [-0.2, 0) is 5.41 Å². The van der Waals surface area contributed by atoms with Gasteiger partial charge in [-0.25, -0.2) is 0 Å². The van der Waals surface area contributed by atoms with Crippen LogP contribution in [0.2, 0.25) is 0 Å². The summed E-state index contributed by atoms with van der Waals surface area (Å²) in [6, 6.07) is 8.67. The van der Waals surface area contributed by atoms with E-state index in [0.717, 1.165) is 11.7 Å². The van der Waals surface area contributed by atoms with Gasteiger partial charge in [-0.2, -0.15) is 0 Å². The van der Waals surface area contributed by atoms with Gasteiger partial charge in [0.25, 0.3) is 0 Å². The van der Waals surface area contributed by atoms with Crippen LogP contribution in [-0.4, -0.2) is 32.6 Å². The third kappa shape index (κ3) is 3.11. The lowest BCUT2D eigenvalue weighted by Crippen LogP contribution is -2.40. The van der Waals surface area contributed by atoms with Gasteiger partial charge < -0.3 is 9.64 Å². The monoisotopic (exact) mass is 261 g/mol. The van der Waals surface area contributed by atoms with Gasteiger partial charge in [-0.05, 0) is 56.0 Å². The van der Waals surface area contributed by atoms with Crippen LogP contribution < -0.4 is 4.74 Å². The first kappa shape index (κ1) is 14.4.